The summed E-state index contributed by atoms with van der Waals surface area (Å²) in [5, 5.41) is 3.07. The summed E-state index contributed by atoms with van der Waals surface area (Å²) in [5.74, 6) is 0.0493. The number of rotatable bonds is 6. The minimum Gasteiger partial charge on any atom is -0.313 e. The van der Waals surface area contributed by atoms with Crippen LogP contribution in [0.25, 0.3) is 0 Å². The normalized spacial score (nSPS) is 11.8. The first-order valence-electron chi connectivity index (χ1n) is 5.49. The van der Waals surface area contributed by atoms with Gasteiger partial charge >= 0.3 is 0 Å². The lowest BCUT2D eigenvalue weighted by Crippen LogP contribution is -2.31. The van der Waals surface area contributed by atoms with Crippen molar-refractivity contribution in [3.8, 4) is 0 Å². The largest absolute Gasteiger partial charge is 0.313 e. The molecule has 0 saturated heterocycles. The number of hydrogen-bond donors (Lipinski definition) is 2. The highest BCUT2D eigenvalue weighted by Gasteiger charge is 2.12. The third-order valence-corrected chi connectivity index (χ3v) is 4.54. The van der Waals surface area contributed by atoms with Crippen LogP contribution in [-0.2, 0) is 10.0 Å². The van der Waals surface area contributed by atoms with Crippen LogP contribution in [-0.4, -0.2) is 26.8 Å². The van der Waals surface area contributed by atoms with E-state index < -0.39 is 10.0 Å². The Labute approximate surface area is 125 Å². The maximum Gasteiger partial charge on any atom is 0.234 e. The Morgan fingerprint density at radius 3 is 2.50 bits per heavy atom. The van der Waals surface area contributed by atoms with Gasteiger partial charge in [0.1, 0.15) is 0 Å². The van der Waals surface area contributed by atoms with E-state index in [2.05, 4.69) is 41.9 Å². The first-order valence-corrected chi connectivity index (χ1v) is 8.73. The van der Waals surface area contributed by atoms with Crippen molar-refractivity contribution >= 4 is 47.6 Å². The molecule has 0 radical (unpaired) electrons. The van der Waals surface area contributed by atoms with E-state index in [4.69, 9.17) is 0 Å². The van der Waals surface area contributed by atoms with E-state index in [9.17, 15) is 8.42 Å². The van der Waals surface area contributed by atoms with Crippen molar-refractivity contribution in [2.24, 2.45) is 0 Å². The van der Waals surface area contributed by atoms with Gasteiger partial charge in [-0.1, -0.05) is 29.8 Å². The van der Waals surface area contributed by atoms with E-state index in [1.807, 2.05) is 13.8 Å². The van der Waals surface area contributed by atoms with Gasteiger partial charge in [-0.3, -0.25) is 4.72 Å². The summed E-state index contributed by atoms with van der Waals surface area (Å²) < 4.78 is 27.8. The molecule has 0 unspecified atom stereocenters. The summed E-state index contributed by atoms with van der Waals surface area (Å²) >= 11 is 6.64. The van der Waals surface area contributed by atoms with E-state index in [1.54, 1.807) is 18.2 Å². The van der Waals surface area contributed by atoms with Crippen LogP contribution in [0, 0.1) is 0 Å². The summed E-state index contributed by atoms with van der Waals surface area (Å²) in [6.07, 6.45) is 0. The molecule has 2 N–H and O–H groups in total. The molecule has 0 aromatic heterocycles. The second kappa shape index (κ2) is 6.88. The third kappa shape index (κ3) is 5.69. The predicted octanol–water partition coefficient (Wildman–Crippen LogP) is 2.95. The van der Waals surface area contributed by atoms with Gasteiger partial charge in [0.15, 0.2) is 0 Å². The molecule has 7 heteroatoms. The lowest BCUT2D eigenvalue weighted by Gasteiger charge is -2.11. The molecule has 1 aromatic carbocycles. The molecular weight excluding hydrogens is 384 g/mol. The SMILES string of the molecule is CC(C)NCCS(=O)(=O)Nc1ccc(Br)cc1Br. The van der Waals surface area contributed by atoms with E-state index >= 15 is 0 Å². The lowest BCUT2D eigenvalue weighted by atomic mass is 10.3. The van der Waals surface area contributed by atoms with E-state index in [0.717, 1.165) is 4.47 Å². The zero-order valence-corrected chi connectivity index (χ0v) is 14.2. The zero-order chi connectivity index (χ0) is 13.8. The van der Waals surface area contributed by atoms with Crippen LogP contribution in [0.5, 0.6) is 0 Å². The molecule has 4 nitrogen and oxygen atoms in total. The zero-order valence-electron chi connectivity index (χ0n) is 10.2. The number of hydrogen-bond acceptors (Lipinski definition) is 3. The van der Waals surface area contributed by atoms with Crippen LogP contribution >= 0.6 is 31.9 Å². The first kappa shape index (κ1) is 15.9. The van der Waals surface area contributed by atoms with Crippen molar-refractivity contribution in [1.82, 2.24) is 5.32 Å². The summed E-state index contributed by atoms with van der Waals surface area (Å²) in [5.41, 5.74) is 0.544. The van der Waals surface area contributed by atoms with E-state index in [1.165, 1.54) is 0 Å². The van der Waals surface area contributed by atoms with Gasteiger partial charge in [-0.25, -0.2) is 8.42 Å². The van der Waals surface area contributed by atoms with Gasteiger partial charge in [-0.05, 0) is 34.1 Å². The van der Waals surface area contributed by atoms with Crippen LogP contribution in [0.1, 0.15) is 13.8 Å². The maximum atomic E-state index is 11.8. The molecule has 0 spiro atoms. The molecule has 0 heterocycles. The highest BCUT2D eigenvalue weighted by atomic mass is 79.9. The highest BCUT2D eigenvalue weighted by Crippen LogP contribution is 2.26. The standard InChI is InChI=1S/C11H16Br2N2O2S/c1-8(2)14-5-6-18(16,17)15-11-4-3-9(12)7-10(11)13/h3-4,7-8,14-15H,5-6H2,1-2H3. The van der Waals surface area contributed by atoms with Crippen LogP contribution in [0.3, 0.4) is 0 Å². The molecular formula is C11H16Br2N2O2S. The van der Waals surface area contributed by atoms with Crippen LogP contribution in [0.15, 0.2) is 27.1 Å². The summed E-state index contributed by atoms with van der Waals surface area (Å²) in [4.78, 5) is 0. The average molecular weight is 400 g/mol. The Kier molecular flexibility index (Phi) is 6.10. The molecule has 1 aromatic rings. The van der Waals surface area contributed by atoms with Crippen LogP contribution in [0.2, 0.25) is 0 Å². The second-order valence-electron chi connectivity index (χ2n) is 4.15. The van der Waals surface area contributed by atoms with Crippen LogP contribution < -0.4 is 10.0 Å². The molecule has 0 amide bonds. The van der Waals surface area contributed by atoms with Gasteiger partial charge < -0.3 is 5.32 Å². The smallest absolute Gasteiger partial charge is 0.234 e. The molecule has 0 atom stereocenters. The number of benzene rings is 1. The molecule has 0 bridgehead atoms. The monoisotopic (exact) mass is 398 g/mol. The van der Waals surface area contributed by atoms with Crippen molar-refractivity contribution in [3.63, 3.8) is 0 Å². The third-order valence-electron chi connectivity index (χ3n) is 2.12. The molecule has 0 saturated carbocycles. The van der Waals surface area contributed by atoms with Gasteiger partial charge in [-0.2, -0.15) is 0 Å². The summed E-state index contributed by atoms with van der Waals surface area (Å²) in [6.45, 7) is 4.39. The molecule has 0 aliphatic heterocycles. The fourth-order valence-corrected chi connectivity index (χ4v) is 3.55. The topological polar surface area (TPSA) is 58.2 Å². The Hall–Kier alpha value is -0.110. The van der Waals surface area contributed by atoms with Gasteiger partial charge in [0.25, 0.3) is 0 Å². The first-order chi connectivity index (χ1) is 8.30. The highest BCUT2D eigenvalue weighted by molar-refractivity contribution is 9.11. The fraction of sp³-hybridized carbons (Fsp3) is 0.455. The molecule has 0 fully saturated rings. The van der Waals surface area contributed by atoms with Gasteiger partial charge in [0.2, 0.25) is 10.0 Å². The summed E-state index contributed by atoms with van der Waals surface area (Å²) in [6, 6.07) is 5.57. The maximum absolute atomic E-state index is 11.8. The number of nitrogens with one attached hydrogen (secondary N) is 2. The second-order valence-corrected chi connectivity index (χ2v) is 7.77. The quantitative estimate of drug-likeness (QED) is 0.772. The average Bonchev–Trinajstić information content (AvgIpc) is 2.21. The minimum absolute atomic E-state index is 0.0493. The fourth-order valence-electron chi connectivity index (χ4n) is 1.27. The van der Waals surface area contributed by atoms with E-state index in [-0.39, 0.29) is 11.8 Å². The van der Waals surface area contributed by atoms with E-state index in [0.29, 0.717) is 16.7 Å². The van der Waals surface area contributed by atoms with Crippen molar-refractivity contribution in [2.75, 3.05) is 17.0 Å². The molecule has 1 rings (SSSR count). The van der Waals surface area contributed by atoms with Crippen molar-refractivity contribution in [1.29, 1.82) is 0 Å². The Morgan fingerprint density at radius 1 is 1.28 bits per heavy atom. The van der Waals surface area contributed by atoms with Crippen molar-refractivity contribution in [2.45, 2.75) is 19.9 Å². The number of halogens is 2. The minimum atomic E-state index is -3.32. The number of anilines is 1. The molecule has 102 valence electrons. The lowest BCUT2D eigenvalue weighted by molar-refractivity contribution is 0.582. The molecule has 18 heavy (non-hydrogen) atoms. The van der Waals surface area contributed by atoms with Gasteiger partial charge in [-0.15, -0.1) is 0 Å². The Balaban J connectivity index is 2.65. The van der Waals surface area contributed by atoms with Gasteiger partial charge in [0, 0.05) is 21.5 Å². The predicted molar refractivity (Wildman–Crippen MR) is 82.4 cm³/mol. The van der Waals surface area contributed by atoms with Crippen molar-refractivity contribution in [3.05, 3.63) is 27.1 Å². The number of sulfonamides is 1. The molecule has 0 aliphatic rings. The van der Waals surface area contributed by atoms with Crippen LogP contribution in [0.4, 0.5) is 5.69 Å². The Bertz CT molecular complexity index is 504. The van der Waals surface area contributed by atoms with Crippen molar-refractivity contribution < 1.29 is 8.42 Å². The Morgan fingerprint density at radius 2 is 1.94 bits per heavy atom. The summed E-state index contributed by atoms with van der Waals surface area (Å²) in [7, 11) is -3.32. The molecule has 0 aliphatic carbocycles. The van der Waals surface area contributed by atoms with Gasteiger partial charge in [0.05, 0.1) is 11.4 Å².